The first-order valence-corrected chi connectivity index (χ1v) is 6.75. The summed E-state index contributed by atoms with van der Waals surface area (Å²) in [5, 5.41) is 7.65. The Kier molecular flexibility index (Phi) is 3.75. The third-order valence-corrected chi connectivity index (χ3v) is 3.13. The van der Waals surface area contributed by atoms with Gasteiger partial charge in [-0.25, -0.2) is 4.98 Å². The zero-order valence-corrected chi connectivity index (χ0v) is 11.8. The van der Waals surface area contributed by atoms with E-state index in [1.54, 1.807) is 12.1 Å². The number of benzene rings is 2. The number of nitrogen functional groups attached to an aromatic ring is 1. The first-order chi connectivity index (χ1) is 10.2. The molecule has 0 fully saturated rings. The number of aromatic amines is 1. The predicted octanol–water partition coefficient (Wildman–Crippen LogP) is 3.29. The largest absolute Gasteiger partial charge is 0.483 e. The Morgan fingerprint density at radius 2 is 2.00 bits per heavy atom. The Morgan fingerprint density at radius 3 is 2.81 bits per heavy atom. The summed E-state index contributed by atoms with van der Waals surface area (Å²) in [5.41, 5.74) is 7.25. The Labute approximate surface area is 126 Å². The number of nitrogens with zero attached hydrogens (tertiary/aromatic N) is 2. The molecule has 2 aromatic carbocycles. The molecule has 3 aromatic rings. The van der Waals surface area contributed by atoms with Crippen LogP contribution in [0.25, 0.3) is 11.4 Å². The van der Waals surface area contributed by atoms with Crippen molar-refractivity contribution in [2.24, 2.45) is 0 Å². The molecule has 0 aliphatic heterocycles. The minimum atomic E-state index is 0.266. The maximum atomic E-state index is 5.96. The highest BCUT2D eigenvalue weighted by Gasteiger charge is 2.07. The molecule has 0 aliphatic rings. The molecule has 0 saturated heterocycles. The van der Waals surface area contributed by atoms with Gasteiger partial charge in [0.2, 0.25) is 0 Å². The molecule has 0 amide bonds. The molecule has 1 heterocycles. The lowest BCUT2D eigenvalue weighted by molar-refractivity contribution is 0.298. The summed E-state index contributed by atoms with van der Waals surface area (Å²) in [6.45, 7) is 0.266. The number of nitrogens with one attached hydrogen (secondary N) is 1. The Morgan fingerprint density at radius 1 is 1.14 bits per heavy atom. The van der Waals surface area contributed by atoms with E-state index in [0.29, 0.717) is 28.1 Å². The third kappa shape index (κ3) is 3.14. The molecule has 0 spiro atoms. The van der Waals surface area contributed by atoms with Crippen LogP contribution in [0.4, 0.5) is 5.69 Å². The van der Waals surface area contributed by atoms with Crippen molar-refractivity contribution in [3.63, 3.8) is 0 Å². The molecule has 106 valence electrons. The summed E-state index contributed by atoms with van der Waals surface area (Å²) in [5.74, 6) is 1.82. The molecular formula is C15H13ClN4O. The number of rotatable bonds is 4. The van der Waals surface area contributed by atoms with Crippen molar-refractivity contribution in [3.8, 4) is 17.1 Å². The lowest BCUT2D eigenvalue weighted by Gasteiger charge is -2.05. The Bertz CT molecular complexity index is 757. The van der Waals surface area contributed by atoms with E-state index in [0.717, 1.165) is 5.56 Å². The van der Waals surface area contributed by atoms with Crippen LogP contribution in [-0.4, -0.2) is 15.2 Å². The quantitative estimate of drug-likeness (QED) is 0.725. The average molecular weight is 301 g/mol. The number of para-hydroxylation sites is 2. The van der Waals surface area contributed by atoms with E-state index in [1.165, 1.54) is 0 Å². The van der Waals surface area contributed by atoms with Crippen LogP contribution in [0.1, 0.15) is 5.82 Å². The second kappa shape index (κ2) is 5.85. The van der Waals surface area contributed by atoms with Gasteiger partial charge in [-0.05, 0) is 24.3 Å². The number of H-pyrrole nitrogens is 1. The first kappa shape index (κ1) is 13.5. The highest BCUT2D eigenvalue weighted by molar-refractivity contribution is 6.30. The molecule has 0 unspecified atom stereocenters. The minimum absolute atomic E-state index is 0.266. The smallest absolute Gasteiger partial charge is 0.181 e. The molecule has 1 aromatic heterocycles. The number of hydrogen-bond acceptors (Lipinski definition) is 4. The van der Waals surface area contributed by atoms with Crippen molar-refractivity contribution < 1.29 is 4.74 Å². The minimum Gasteiger partial charge on any atom is -0.483 e. The van der Waals surface area contributed by atoms with Crippen LogP contribution in [-0.2, 0) is 6.61 Å². The summed E-state index contributed by atoms with van der Waals surface area (Å²) < 4.78 is 5.61. The van der Waals surface area contributed by atoms with Crippen LogP contribution in [0.15, 0.2) is 48.5 Å². The fourth-order valence-electron chi connectivity index (χ4n) is 1.87. The number of halogens is 1. The summed E-state index contributed by atoms with van der Waals surface area (Å²) >= 11 is 5.96. The fourth-order valence-corrected chi connectivity index (χ4v) is 2.06. The predicted molar refractivity (Wildman–Crippen MR) is 82.0 cm³/mol. The van der Waals surface area contributed by atoms with Crippen LogP contribution in [0.5, 0.6) is 5.75 Å². The highest BCUT2D eigenvalue weighted by Crippen LogP contribution is 2.22. The second-order valence-corrected chi connectivity index (χ2v) is 4.88. The van der Waals surface area contributed by atoms with Crippen LogP contribution in [0.3, 0.4) is 0 Å². The van der Waals surface area contributed by atoms with Crippen LogP contribution >= 0.6 is 11.6 Å². The zero-order valence-electron chi connectivity index (χ0n) is 11.1. The topological polar surface area (TPSA) is 76.8 Å². The van der Waals surface area contributed by atoms with Crippen LogP contribution < -0.4 is 10.5 Å². The second-order valence-electron chi connectivity index (χ2n) is 4.44. The summed E-state index contributed by atoms with van der Waals surface area (Å²) in [6.07, 6.45) is 0. The molecule has 3 N–H and O–H groups in total. The van der Waals surface area contributed by atoms with Gasteiger partial charge in [0, 0.05) is 10.6 Å². The van der Waals surface area contributed by atoms with Gasteiger partial charge in [0.1, 0.15) is 12.4 Å². The van der Waals surface area contributed by atoms with Gasteiger partial charge in [0.05, 0.1) is 5.69 Å². The zero-order chi connectivity index (χ0) is 14.7. The van der Waals surface area contributed by atoms with E-state index in [4.69, 9.17) is 22.1 Å². The average Bonchev–Trinajstić information content (AvgIpc) is 2.95. The van der Waals surface area contributed by atoms with Crippen molar-refractivity contribution in [1.82, 2.24) is 15.2 Å². The van der Waals surface area contributed by atoms with Gasteiger partial charge in [0.15, 0.2) is 11.6 Å². The van der Waals surface area contributed by atoms with Crippen LogP contribution in [0.2, 0.25) is 5.02 Å². The van der Waals surface area contributed by atoms with Gasteiger partial charge in [-0.1, -0.05) is 35.9 Å². The lowest BCUT2D eigenvalue weighted by Crippen LogP contribution is -2.00. The SMILES string of the molecule is Nc1ccccc1OCc1nc(-c2cccc(Cl)c2)n[nH]1. The van der Waals surface area contributed by atoms with E-state index in [-0.39, 0.29) is 6.61 Å². The summed E-state index contributed by atoms with van der Waals surface area (Å²) in [4.78, 5) is 4.38. The van der Waals surface area contributed by atoms with Gasteiger partial charge in [0.25, 0.3) is 0 Å². The van der Waals surface area contributed by atoms with Crippen molar-refractivity contribution in [2.75, 3.05) is 5.73 Å². The number of aromatic nitrogens is 3. The van der Waals surface area contributed by atoms with E-state index >= 15 is 0 Å². The molecule has 0 radical (unpaired) electrons. The highest BCUT2D eigenvalue weighted by atomic mass is 35.5. The van der Waals surface area contributed by atoms with Crippen molar-refractivity contribution in [1.29, 1.82) is 0 Å². The number of anilines is 1. The standard InChI is InChI=1S/C15H13ClN4O/c16-11-5-3-4-10(8-11)15-18-14(19-20-15)9-21-13-7-2-1-6-12(13)17/h1-8H,9,17H2,(H,18,19,20). The van der Waals surface area contributed by atoms with Gasteiger partial charge >= 0.3 is 0 Å². The van der Waals surface area contributed by atoms with E-state index in [2.05, 4.69) is 15.2 Å². The Hall–Kier alpha value is -2.53. The Balaban J connectivity index is 1.72. The third-order valence-electron chi connectivity index (χ3n) is 2.90. The van der Waals surface area contributed by atoms with E-state index < -0.39 is 0 Å². The summed E-state index contributed by atoms with van der Waals surface area (Å²) in [7, 11) is 0. The normalized spacial score (nSPS) is 10.5. The number of nitrogens with two attached hydrogens (primary N) is 1. The molecule has 3 rings (SSSR count). The first-order valence-electron chi connectivity index (χ1n) is 6.37. The van der Waals surface area contributed by atoms with Crippen molar-refractivity contribution >= 4 is 17.3 Å². The van der Waals surface area contributed by atoms with Gasteiger partial charge in [-0.3, -0.25) is 5.10 Å². The maximum Gasteiger partial charge on any atom is 0.181 e. The molecular weight excluding hydrogens is 288 g/mol. The summed E-state index contributed by atoms with van der Waals surface area (Å²) in [6, 6.07) is 14.7. The van der Waals surface area contributed by atoms with E-state index in [9.17, 15) is 0 Å². The molecule has 5 nitrogen and oxygen atoms in total. The molecule has 0 bridgehead atoms. The van der Waals surface area contributed by atoms with Crippen LogP contribution in [0, 0.1) is 0 Å². The number of hydrogen-bond donors (Lipinski definition) is 2. The molecule has 0 saturated carbocycles. The van der Waals surface area contributed by atoms with E-state index in [1.807, 2.05) is 36.4 Å². The number of ether oxygens (including phenoxy) is 1. The van der Waals surface area contributed by atoms with Gasteiger partial charge < -0.3 is 10.5 Å². The molecule has 21 heavy (non-hydrogen) atoms. The van der Waals surface area contributed by atoms with Gasteiger partial charge in [-0.15, -0.1) is 0 Å². The molecule has 0 aliphatic carbocycles. The van der Waals surface area contributed by atoms with Gasteiger partial charge in [-0.2, -0.15) is 5.10 Å². The monoisotopic (exact) mass is 300 g/mol. The van der Waals surface area contributed by atoms with Crippen molar-refractivity contribution in [2.45, 2.75) is 6.61 Å². The lowest BCUT2D eigenvalue weighted by atomic mass is 10.2. The van der Waals surface area contributed by atoms with Crippen molar-refractivity contribution in [3.05, 3.63) is 59.4 Å². The molecule has 6 heteroatoms. The molecule has 0 atom stereocenters. The fraction of sp³-hybridized carbons (Fsp3) is 0.0667. The maximum absolute atomic E-state index is 5.96.